The molecule has 1 unspecified atom stereocenters. The maximum Gasteiger partial charge on any atom is 0.227 e. The van der Waals surface area contributed by atoms with E-state index in [1.165, 1.54) is 18.1 Å². The Hall–Kier alpha value is -3.71. The van der Waals surface area contributed by atoms with Crippen LogP contribution in [0.4, 0.5) is 11.5 Å². The molecule has 0 spiro atoms. The van der Waals surface area contributed by atoms with Gasteiger partial charge in [0.1, 0.15) is 17.3 Å². The van der Waals surface area contributed by atoms with Gasteiger partial charge in [-0.2, -0.15) is 0 Å². The summed E-state index contributed by atoms with van der Waals surface area (Å²) in [6.07, 6.45) is 3.92. The van der Waals surface area contributed by atoms with E-state index >= 15 is 0 Å². The lowest BCUT2D eigenvalue weighted by molar-refractivity contribution is -0.120. The number of pyridine rings is 1. The zero-order valence-electron chi connectivity index (χ0n) is 22.3. The molecule has 37 heavy (non-hydrogen) atoms. The van der Waals surface area contributed by atoms with Crippen LogP contribution >= 0.6 is 0 Å². The zero-order chi connectivity index (χ0) is 26.6. The van der Waals surface area contributed by atoms with Crippen LogP contribution in [0.5, 0.6) is 11.5 Å². The molecule has 1 aliphatic rings. The van der Waals surface area contributed by atoms with Crippen molar-refractivity contribution < 1.29 is 14.3 Å². The number of aromatic nitrogens is 1. The minimum Gasteiger partial charge on any atom is -0.457 e. The summed E-state index contributed by atoms with van der Waals surface area (Å²) in [5, 5.41) is 9.06. The molecule has 0 aliphatic heterocycles. The average molecular weight is 501 g/mol. The van der Waals surface area contributed by atoms with Gasteiger partial charge < -0.3 is 20.7 Å². The number of fused-ring (bicyclic) bond motifs is 1. The van der Waals surface area contributed by atoms with Crippen molar-refractivity contribution in [2.24, 2.45) is 5.92 Å². The van der Waals surface area contributed by atoms with Crippen LogP contribution in [0, 0.1) is 5.92 Å². The van der Waals surface area contributed by atoms with E-state index in [1.54, 1.807) is 18.3 Å². The third-order valence-electron chi connectivity index (χ3n) is 6.56. The molecule has 1 heterocycles. The fourth-order valence-corrected chi connectivity index (χ4v) is 4.63. The maximum atomic E-state index is 13.3. The molecule has 4 rings (SSSR count). The summed E-state index contributed by atoms with van der Waals surface area (Å²) in [6, 6.07) is 15.8. The molecule has 2 aromatic carbocycles. The summed E-state index contributed by atoms with van der Waals surface area (Å²) in [5.74, 6) is 1.46. The fourth-order valence-electron chi connectivity index (χ4n) is 4.63. The molecule has 0 fully saturated rings. The zero-order valence-corrected chi connectivity index (χ0v) is 22.3. The number of hydrogen-bond acceptors (Lipinski definition) is 5. The SMILES string of the molecule is CNCc1cc(NC(=O)C2CCc3ccc(Oc4ccnc(NC(C)=O)c4)cc3C2)cc(C(C)(C)C)c1. The van der Waals surface area contributed by atoms with Crippen LogP contribution in [0.15, 0.2) is 54.7 Å². The van der Waals surface area contributed by atoms with Gasteiger partial charge in [0, 0.05) is 37.3 Å². The number of hydrogen-bond donors (Lipinski definition) is 3. The van der Waals surface area contributed by atoms with Gasteiger partial charge in [-0.1, -0.05) is 32.9 Å². The van der Waals surface area contributed by atoms with E-state index in [0.29, 0.717) is 23.7 Å². The highest BCUT2D eigenvalue weighted by atomic mass is 16.5. The van der Waals surface area contributed by atoms with Crippen LogP contribution in [0.2, 0.25) is 0 Å². The number of nitrogens with zero attached hydrogens (tertiary/aromatic N) is 1. The summed E-state index contributed by atoms with van der Waals surface area (Å²) in [6.45, 7) is 8.73. The number of benzene rings is 2. The first-order valence-corrected chi connectivity index (χ1v) is 12.7. The Morgan fingerprint density at radius 2 is 1.78 bits per heavy atom. The Morgan fingerprint density at radius 1 is 1.00 bits per heavy atom. The molecule has 3 aromatic rings. The van der Waals surface area contributed by atoms with E-state index in [2.05, 4.69) is 66.0 Å². The molecule has 0 saturated carbocycles. The first-order valence-electron chi connectivity index (χ1n) is 12.7. The lowest BCUT2D eigenvalue weighted by Gasteiger charge is -2.25. The molecule has 7 nitrogen and oxygen atoms in total. The Bertz CT molecular complexity index is 1300. The molecule has 1 atom stereocenters. The van der Waals surface area contributed by atoms with Gasteiger partial charge in [-0.25, -0.2) is 4.98 Å². The summed E-state index contributed by atoms with van der Waals surface area (Å²) in [5.41, 5.74) is 5.55. The molecule has 1 aliphatic carbocycles. The average Bonchev–Trinajstić information content (AvgIpc) is 2.83. The van der Waals surface area contributed by atoms with Gasteiger partial charge in [-0.15, -0.1) is 0 Å². The van der Waals surface area contributed by atoms with Crippen molar-refractivity contribution in [2.45, 2.75) is 58.9 Å². The van der Waals surface area contributed by atoms with Gasteiger partial charge in [0.05, 0.1) is 0 Å². The topological polar surface area (TPSA) is 92.3 Å². The molecule has 1 aromatic heterocycles. The van der Waals surface area contributed by atoms with Crippen molar-refractivity contribution in [2.75, 3.05) is 17.7 Å². The van der Waals surface area contributed by atoms with Gasteiger partial charge in [0.2, 0.25) is 11.8 Å². The van der Waals surface area contributed by atoms with Crippen molar-refractivity contribution >= 4 is 23.3 Å². The first kappa shape index (κ1) is 26.4. The quantitative estimate of drug-likeness (QED) is 0.393. The molecular weight excluding hydrogens is 464 g/mol. The normalized spacial score (nSPS) is 15.0. The molecule has 3 N–H and O–H groups in total. The number of nitrogens with one attached hydrogen (secondary N) is 3. The largest absolute Gasteiger partial charge is 0.457 e. The number of anilines is 2. The highest BCUT2D eigenvalue weighted by Gasteiger charge is 2.26. The van der Waals surface area contributed by atoms with Crippen molar-refractivity contribution in [3.05, 3.63) is 77.0 Å². The summed E-state index contributed by atoms with van der Waals surface area (Å²) >= 11 is 0. The van der Waals surface area contributed by atoms with Crippen LogP contribution in [-0.4, -0.2) is 23.8 Å². The van der Waals surface area contributed by atoms with Crippen LogP contribution in [-0.2, 0) is 34.4 Å². The number of rotatable bonds is 7. The Labute approximate surface area is 219 Å². The minimum atomic E-state index is -0.189. The highest BCUT2D eigenvalue weighted by molar-refractivity contribution is 5.93. The van der Waals surface area contributed by atoms with Crippen molar-refractivity contribution in [3.8, 4) is 11.5 Å². The van der Waals surface area contributed by atoms with E-state index in [1.807, 2.05) is 19.2 Å². The second kappa shape index (κ2) is 11.1. The smallest absolute Gasteiger partial charge is 0.227 e. The van der Waals surface area contributed by atoms with Crippen molar-refractivity contribution in [3.63, 3.8) is 0 Å². The minimum absolute atomic E-state index is 0.0128. The number of ether oxygens (including phenoxy) is 1. The first-order chi connectivity index (χ1) is 17.6. The predicted molar refractivity (Wildman–Crippen MR) is 147 cm³/mol. The Balaban J connectivity index is 1.47. The van der Waals surface area contributed by atoms with Crippen LogP contribution in [0.1, 0.15) is 56.4 Å². The Morgan fingerprint density at radius 3 is 2.51 bits per heavy atom. The number of carbonyl (C=O) groups excluding carboxylic acids is 2. The lowest BCUT2D eigenvalue weighted by Crippen LogP contribution is -2.28. The van der Waals surface area contributed by atoms with Gasteiger partial charge in [-0.05, 0) is 84.3 Å². The molecular formula is C30H36N4O3. The van der Waals surface area contributed by atoms with E-state index in [4.69, 9.17) is 4.74 Å². The summed E-state index contributed by atoms with van der Waals surface area (Å²) < 4.78 is 6.04. The van der Waals surface area contributed by atoms with E-state index in [9.17, 15) is 9.59 Å². The van der Waals surface area contributed by atoms with Gasteiger partial charge in [-0.3, -0.25) is 9.59 Å². The van der Waals surface area contributed by atoms with Crippen molar-refractivity contribution in [1.82, 2.24) is 10.3 Å². The van der Waals surface area contributed by atoms with Crippen LogP contribution in [0.25, 0.3) is 0 Å². The standard InChI is InChI=1S/C30H36N4O3/c1-19(35)33-28-17-27(10-11-32-28)37-26-9-8-21-6-7-22(14-23(21)15-26)29(36)34-25-13-20(18-31-5)12-24(16-25)30(2,3)4/h8-13,15-17,22,31H,6-7,14,18H2,1-5H3,(H,34,36)(H,32,33,35). The van der Waals surface area contributed by atoms with E-state index in [0.717, 1.165) is 36.2 Å². The molecule has 194 valence electrons. The van der Waals surface area contributed by atoms with Gasteiger partial charge >= 0.3 is 0 Å². The lowest BCUT2D eigenvalue weighted by atomic mass is 9.83. The van der Waals surface area contributed by atoms with Crippen molar-refractivity contribution in [1.29, 1.82) is 0 Å². The molecule has 2 amide bonds. The molecule has 7 heteroatoms. The second-order valence-corrected chi connectivity index (χ2v) is 10.7. The summed E-state index contributed by atoms with van der Waals surface area (Å²) in [7, 11) is 1.93. The van der Waals surface area contributed by atoms with Gasteiger partial charge in [0.25, 0.3) is 0 Å². The van der Waals surface area contributed by atoms with E-state index in [-0.39, 0.29) is 23.1 Å². The fraction of sp³-hybridized carbons (Fsp3) is 0.367. The second-order valence-electron chi connectivity index (χ2n) is 10.7. The number of carbonyl (C=O) groups is 2. The highest BCUT2D eigenvalue weighted by Crippen LogP contribution is 2.32. The molecule has 0 saturated heterocycles. The third-order valence-corrected chi connectivity index (χ3v) is 6.56. The van der Waals surface area contributed by atoms with Crippen LogP contribution in [0.3, 0.4) is 0 Å². The molecule has 0 bridgehead atoms. The maximum absolute atomic E-state index is 13.3. The molecule has 0 radical (unpaired) electrons. The van der Waals surface area contributed by atoms with Gasteiger partial charge in [0.15, 0.2) is 0 Å². The number of amides is 2. The summed E-state index contributed by atoms with van der Waals surface area (Å²) in [4.78, 5) is 28.8. The third kappa shape index (κ3) is 6.95. The van der Waals surface area contributed by atoms with Crippen LogP contribution < -0.4 is 20.7 Å². The Kier molecular flexibility index (Phi) is 7.93. The van der Waals surface area contributed by atoms with E-state index < -0.39 is 0 Å². The predicted octanol–water partition coefficient (Wildman–Crippen LogP) is 5.59. The monoisotopic (exact) mass is 500 g/mol. The number of aryl methyl sites for hydroxylation is 1.